The normalized spacial score (nSPS) is 15.4. The lowest BCUT2D eigenvalue weighted by atomic mass is 10.0. The Morgan fingerprint density at radius 3 is 2.57 bits per heavy atom. The quantitative estimate of drug-likeness (QED) is 0.780. The topological polar surface area (TPSA) is 63.2 Å². The zero-order chi connectivity index (χ0) is 22.1. The molecule has 9 heteroatoms. The molecule has 1 heterocycles. The molecule has 30 heavy (non-hydrogen) atoms. The largest absolute Gasteiger partial charge is 0.496 e. The molecule has 0 saturated carbocycles. The minimum atomic E-state index is -4.50. The van der Waals surface area contributed by atoms with E-state index in [2.05, 4.69) is 10.6 Å². The lowest BCUT2D eigenvalue weighted by Gasteiger charge is -2.31. The van der Waals surface area contributed by atoms with Crippen LogP contribution in [0.1, 0.15) is 47.8 Å². The molecule has 1 N–H and O–H groups in total. The number of hydrogen-bond acceptors (Lipinski definition) is 5. The van der Waals surface area contributed by atoms with Crippen molar-refractivity contribution < 1.29 is 27.5 Å². The van der Waals surface area contributed by atoms with Crippen LogP contribution in [-0.4, -0.2) is 29.6 Å². The van der Waals surface area contributed by atoms with E-state index in [-0.39, 0.29) is 11.4 Å². The maximum Gasteiger partial charge on any atom is 0.416 e. The number of nitrogens with zero attached hydrogens (tertiary/aromatic N) is 2. The molecule has 0 fully saturated rings. The summed E-state index contributed by atoms with van der Waals surface area (Å²) in [6.45, 7) is 5.18. The van der Waals surface area contributed by atoms with Crippen molar-refractivity contribution in [2.45, 2.75) is 39.1 Å². The van der Waals surface area contributed by atoms with Gasteiger partial charge in [0.1, 0.15) is 5.75 Å². The fourth-order valence-electron chi connectivity index (χ4n) is 3.19. The lowest BCUT2D eigenvalue weighted by molar-refractivity contribution is -0.137. The number of amides is 1. The molecular weight excluding hydrogens is 399 g/mol. The number of rotatable bonds is 5. The van der Waals surface area contributed by atoms with Gasteiger partial charge in [0.05, 0.1) is 12.7 Å². The summed E-state index contributed by atoms with van der Waals surface area (Å²) >= 11 is 0. The fourth-order valence-corrected chi connectivity index (χ4v) is 3.19. The highest BCUT2D eigenvalue weighted by atomic mass is 19.4. The Balaban J connectivity index is 1.95. The molecule has 0 spiro atoms. The minimum absolute atomic E-state index is 0.0698. The minimum Gasteiger partial charge on any atom is -0.496 e. The van der Waals surface area contributed by atoms with E-state index in [0.29, 0.717) is 23.3 Å². The molecule has 6 nitrogen and oxygen atoms in total. The van der Waals surface area contributed by atoms with Gasteiger partial charge in [0.15, 0.2) is 5.84 Å². The van der Waals surface area contributed by atoms with Crippen LogP contribution in [-0.2, 0) is 17.4 Å². The molecule has 0 radical (unpaired) electrons. The van der Waals surface area contributed by atoms with Gasteiger partial charge >= 0.3 is 6.18 Å². The molecule has 0 aliphatic carbocycles. The predicted octanol–water partition coefficient (Wildman–Crippen LogP) is 4.35. The Morgan fingerprint density at radius 2 is 1.93 bits per heavy atom. The van der Waals surface area contributed by atoms with E-state index >= 15 is 0 Å². The fraction of sp³-hybridized carbons (Fsp3) is 0.333. The smallest absolute Gasteiger partial charge is 0.416 e. The molecule has 0 bridgehead atoms. The summed E-state index contributed by atoms with van der Waals surface area (Å²) in [4.78, 5) is 18.4. The highest BCUT2D eigenvalue weighted by Crippen LogP contribution is 2.32. The maximum absolute atomic E-state index is 13.1. The van der Waals surface area contributed by atoms with Crippen LogP contribution in [0.3, 0.4) is 0 Å². The molecule has 0 unspecified atom stereocenters. The Hall–Kier alpha value is -3.23. The van der Waals surface area contributed by atoms with Crippen molar-refractivity contribution in [3.63, 3.8) is 0 Å². The molecule has 160 valence electrons. The average molecular weight is 421 g/mol. The number of nitrogens with one attached hydrogen (secondary N) is 1. The number of amidine groups is 1. The van der Waals surface area contributed by atoms with Gasteiger partial charge in [-0.15, -0.1) is 0 Å². The van der Waals surface area contributed by atoms with E-state index in [1.807, 2.05) is 6.92 Å². The third-order valence-electron chi connectivity index (χ3n) is 4.72. The van der Waals surface area contributed by atoms with Crippen LogP contribution in [0.25, 0.3) is 0 Å². The first kappa shape index (κ1) is 21.5. The van der Waals surface area contributed by atoms with Gasteiger partial charge in [0.2, 0.25) is 5.72 Å². The third kappa shape index (κ3) is 4.05. The van der Waals surface area contributed by atoms with Crippen LogP contribution in [0.2, 0.25) is 0 Å². The van der Waals surface area contributed by atoms with Crippen LogP contribution >= 0.6 is 0 Å². The summed E-state index contributed by atoms with van der Waals surface area (Å²) < 4.78 is 44.7. The second-order valence-corrected chi connectivity index (χ2v) is 7.15. The average Bonchev–Trinajstić information content (AvgIpc) is 3.00. The predicted molar refractivity (Wildman–Crippen MR) is 105 cm³/mol. The van der Waals surface area contributed by atoms with Gasteiger partial charge in [-0.05, 0) is 44.5 Å². The van der Waals surface area contributed by atoms with Crippen molar-refractivity contribution in [1.82, 2.24) is 10.4 Å². The summed E-state index contributed by atoms with van der Waals surface area (Å²) in [7, 11) is 1.52. The van der Waals surface area contributed by atoms with E-state index in [9.17, 15) is 18.0 Å². The number of halogens is 3. The van der Waals surface area contributed by atoms with Gasteiger partial charge in [0, 0.05) is 16.7 Å². The zero-order valence-corrected chi connectivity index (χ0v) is 17.0. The molecule has 0 saturated heterocycles. The van der Waals surface area contributed by atoms with E-state index in [0.717, 1.165) is 12.1 Å². The van der Waals surface area contributed by atoms with Crippen molar-refractivity contribution in [3.05, 3.63) is 64.7 Å². The van der Waals surface area contributed by atoms with Gasteiger partial charge in [-0.25, -0.2) is 5.01 Å². The van der Waals surface area contributed by atoms with E-state index in [1.165, 1.54) is 24.3 Å². The first-order valence-electron chi connectivity index (χ1n) is 9.29. The van der Waals surface area contributed by atoms with Gasteiger partial charge < -0.3 is 9.57 Å². The van der Waals surface area contributed by atoms with Crippen LogP contribution in [0, 0.1) is 0 Å². The van der Waals surface area contributed by atoms with Gasteiger partial charge in [-0.2, -0.15) is 13.2 Å². The Kier molecular flexibility index (Phi) is 5.65. The van der Waals surface area contributed by atoms with E-state index in [1.54, 1.807) is 32.0 Å². The molecular formula is C21H22F3N3O3. The first-order chi connectivity index (χ1) is 14.1. The molecule has 0 aromatic heterocycles. The SMILES string of the molecule is CCc1c(OC)cccc1C(=O)NN1C(c2cccc(C(F)(F)F)c2)=NOC1(C)C. The van der Waals surface area contributed by atoms with Crippen molar-refractivity contribution in [3.8, 4) is 5.75 Å². The summed E-state index contributed by atoms with van der Waals surface area (Å²) in [5.41, 5.74) is 2.06. The lowest BCUT2D eigenvalue weighted by Crippen LogP contribution is -2.54. The molecule has 3 rings (SSSR count). The molecule has 2 aromatic rings. The monoisotopic (exact) mass is 421 g/mol. The third-order valence-corrected chi connectivity index (χ3v) is 4.72. The highest BCUT2D eigenvalue weighted by Gasteiger charge is 2.41. The van der Waals surface area contributed by atoms with Crippen LogP contribution in [0.4, 0.5) is 13.2 Å². The van der Waals surface area contributed by atoms with Crippen molar-refractivity contribution >= 4 is 11.7 Å². The number of hydrazine groups is 1. The number of carbonyl (C=O) groups excluding carboxylic acids is 1. The van der Waals surface area contributed by atoms with Crippen LogP contribution < -0.4 is 10.2 Å². The number of carbonyl (C=O) groups is 1. The number of ether oxygens (including phenoxy) is 1. The molecule has 1 aliphatic rings. The Bertz CT molecular complexity index is 987. The first-order valence-corrected chi connectivity index (χ1v) is 9.29. The molecule has 1 amide bonds. The van der Waals surface area contributed by atoms with Crippen molar-refractivity contribution in [2.24, 2.45) is 5.16 Å². The van der Waals surface area contributed by atoms with E-state index in [4.69, 9.17) is 9.57 Å². The number of benzene rings is 2. The van der Waals surface area contributed by atoms with Crippen LogP contribution in [0.5, 0.6) is 5.75 Å². The Labute approximate surface area is 172 Å². The number of alkyl halides is 3. The summed E-state index contributed by atoms with van der Waals surface area (Å²) in [5.74, 6) is 0.193. The second kappa shape index (κ2) is 7.89. The highest BCUT2D eigenvalue weighted by molar-refractivity contribution is 6.03. The van der Waals surface area contributed by atoms with Gasteiger partial charge in [-0.3, -0.25) is 10.2 Å². The maximum atomic E-state index is 13.1. The van der Waals surface area contributed by atoms with Crippen LogP contribution in [0.15, 0.2) is 47.6 Å². The number of oxime groups is 1. The van der Waals surface area contributed by atoms with Gasteiger partial charge in [0.25, 0.3) is 5.91 Å². The summed E-state index contributed by atoms with van der Waals surface area (Å²) in [5, 5.41) is 5.25. The standard InChI is InChI=1S/C21H22F3N3O3/c1-5-15-16(10-7-11-17(15)29-4)19(28)25-27-18(26-30-20(27,2)3)13-8-6-9-14(12-13)21(22,23)24/h6-12H,5H2,1-4H3,(H,25,28). The number of methoxy groups -OCH3 is 1. The second-order valence-electron chi connectivity index (χ2n) is 7.15. The zero-order valence-electron chi connectivity index (χ0n) is 17.0. The summed E-state index contributed by atoms with van der Waals surface area (Å²) in [6, 6.07) is 9.80. The summed E-state index contributed by atoms with van der Waals surface area (Å²) in [6.07, 6.45) is -3.95. The molecule has 2 aromatic carbocycles. The molecule has 1 aliphatic heterocycles. The Morgan fingerprint density at radius 1 is 1.23 bits per heavy atom. The van der Waals surface area contributed by atoms with Gasteiger partial charge in [-0.1, -0.05) is 30.3 Å². The molecule has 0 atom stereocenters. The van der Waals surface area contributed by atoms with Crippen molar-refractivity contribution in [2.75, 3.05) is 7.11 Å². The van der Waals surface area contributed by atoms with E-state index < -0.39 is 23.4 Å². The van der Waals surface area contributed by atoms with Crippen molar-refractivity contribution in [1.29, 1.82) is 0 Å². The number of hydrogen-bond donors (Lipinski definition) is 1.